The molecule has 0 saturated carbocycles. The number of para-hydroxylation sites is 1. The maximum absolute atomic E-state index is 13.0. The number of amides is 4. The zero-order valence-corrected chi connectivity index (χ0v) is 16.9. The quantitative estimate of drug-likeness (QED) is 0.427. The number of carbonyl (C=O) groups is 3. The van der Waals surface area contributed by atoms with Gasteiger partial charge in [-0.3, -0.25) is 14.5 Å². The molecule has 0 bridgehead atoms. The van der Waals surface area contributed by atoms with E-state index in [4.69, 9.17) is 4.42 Å². The van der Waals surface area contributed by atoms with Crippen LogP contribution in [-0.4, -0.2) is 29.8 Å². The Labute approximate surface area is 175 Å². The molecular formula is C22H15BrN2O4. The number of urea groups is 1. The number of imide groups is 2. The lowest BCUT2D eigenvalue weighted by Gasteiger charge is -2.31. The van der Waals surface area contributed by atoms with Crippen LogP contribution in [-0.2, 0) is 9.59 Å². The second-order valence-electron chi connectivity index (χ2n) is 6.39. The summed E-state index contributed by atoms with van der Waals surface area (Å²) in [6.07, 6.45) is 1.37. The minimum absolute atomic E-state index is 0.146. The van der Waals surface area contributed by atoms with Crippen LogP contribution in [0.3, 0.4) is 0 Å². The monoisotopic (exact) mass is 450 g/mol. The lowest BCUT2D eigenvalue weighted by molar-refractivity contribution is -0.128. The summed E-state index contributed by atoms with van der Waals surface area (Å²) in [7, 11) is 1.34. The fourth-order valence-electron chi connectivity index (χ4n) is 2.99. The number of halogens is 1. The van der Waals surface area contributed by atoms with E-state index < -0.39 is 17.8 Å². The summed E-state index contributed by atoms with van der Waals surface area (Å²) in [4.78, 5) is 39.9. The third-order valence-corrected chi connectivity index (χ3v) is 5.03. The van der Waals surface area contributed by atoms with Crippen LogP contribution in [0.1, 0.15) is 5.76 Å². The van der Waals surface area contributed by atoms with Crippen LogP contribution >= 0.6 is 15.9 Å². The predicted octanol–water partition coefficient (Wildman–Crippen LogP) is 4.72. The molecule has 2 aromatic carbocycles. The Kier molecular flexibility index (Phi) is 4.90. The summed E-state index contributed by atoms with van der Waals surface area (Å²) in [6, 6.07) is 18.8. The van der Waals surface area contributed by atoms with Crippen molar-refractivity contribution in [3.63, 3.8) is 0 Å². The van der Waals surface area contributed by atoms with Gasteiger partial charge in [-0.15, -0.1) is 0 Å². The van der Waals surface area contributed by atoms with Gasteiger partial charge in [0.2, 0.25) is 0 Å². The zero-order chi connectivity index (χ0) is 20.5. The molecule has 0 spiro atoms. The average Bonchev–Trinajstić information content (AvgIpc) is 3.20. The molecule has 0 unspecified atom stereocenters. The van der Waals surface area contributed by atoms with E-state index in [0.717, 1.165) is 19.8 Å². The Morgan fingerprint density at radius 2 is 1.55 bits per heavy atom. The van der Waals surface area contributed by atoms with Gasteiger partial charge in [-0.25, -0.2) is 9.69 Å². The van der Waals surface area contributed by atoms with E-state index in [2.05, 4.69) is 15.9 Å². The molecule has 0 aliphatic carbocycles. The lowest BCUT2D eigenvalue weighted by Crippen LogP contribution is -2.55. The van der Waals surface area contributed by atoms with Gasteiger partial charge in [0.25, 0.3) is 11.8 Å². The van der Waals surface area contributed by atoms with Crippen molar-refractivity contribution >= 4 is 45.5 Å². The third kappa shape index (κ3) is 3.52. The predicted molar refractivity (Wildman–Crippen MR) is 112 cm³/mol. The van der Waals surface area contributed by atoms with Crippen LogP contribution in [0, 0.1) is 0 Å². The van der Waals surface area contributed by atoms with Crippen LogP contribution in [0.15, 0.2) is 81.2 Å². The Balaban J connectivity index is 1.70. The highest BCUT2D eigenvalue weighted by Crippen LogP contribution is 2.28. The molecule has 3 aromatic rings. The second-order valence-corrected chi connectivity index (χ2v) is 7.31. The number of nitrogens with zero attached hydrogens (tertiary/aromatic N) is 2. The molecule has 1 fully saturated rings. The normalized spacial score (nSPS) is 16.1. The first kappa shape index (κ1) is 18.9. The highest BCUT2D eigenvalue weighted by atomic mass is 79.9. The summed E-state index contributed by atoms with van der Waals surface area (Å²) >= 11 is 3.39. The Bertz CT molecular complexity index is 1130. The van der Waals surface area contributed by atoms with E-state index in [1.54, 1.807) is 42.5 Å². The van der Waals surface area contributed by atoms with Gasteiger partial charge in [0.05, 0.1) is 5.69 Å². The molecule has 144 valence electrons. The van der Waals surface area contributed by atoms with E-state index in [0.29, 0.717) is 17.2 Å². The Hall–Kier alpha value is -3.45. The molecule has 4 rings (SSSR count). The first-order valence-corrected chi connectivity index (χ1v) is 9.54. The summed E-state index contributed by atoms with van der Waals surface area (Å²) < 4.78 is 6.74. The van der Waals surface area contributed by atoms with E-state index in [9.17, 15) is 14.4 Å². The highest BCUT2D eigenvalue weighted by Gasteiger charge is 2.41. The number of hydrogen-bond acceptors (Lipinski definition) is 4. The summed E-state index contributed by atoms with van der Waals surface area (Å²) in [6.45, 7) is 0. The third-order valence-electron chi connectivity index (χ3n) is 4.50. The van der Waals surface area contributed by atoms with Crippen LogP contribution in [0.5, 0.6) is 0 Å². The van der Waals surface area contributed by atoms with Crippen LogP contribution in [0.25, 0.3) is 17.4 Å². The molecule has 0 radical (unpaired) electrons. The number of benzene rings is 2. The minimum atomic E-state index is -0.696. The van der Waals surface area contributed by atoms with Crippen molar-refractivity contribution in [1.29, 1.82) is 0 Å². The topological polar surface area (TPSA) is 70.8 Å². The van der Waals surface area contributed by atoms with Gasteiger partial charge in [-0.2, -0.15) is 0 Å². The first-order chi connectivity index (χ1) is 14.0. The average molecular weight is 451 g/mol. The standard InChI is InChI=1S/C22H15BrN2O4/c1-24-20(26)18(21(27)25(22(24)28)16-5-3-2-4-6-16)13-17-11-12-19(29-17)14-7-9-15(23)10-8-14/h2-13H,1H3/b18-13-. The highest BCUT2D eigenvalue weighted by molar-refractivity contribution is 9.10. The van der Waals surface area contributed by atoms with E-state index in [1.807, 2.05) is 24.3 Å². The minimum Gasteiger partial charge on any atom is -0.457 e. The van der Waals surface area contributed by atoms with Crippen molar-refractivity contribution in [2.45, 2.75) is 0 Å². The van der Waals surface area contributed by atoms with Crippen molar-refractivity contribution < 1.29 is 18.8 Å². The van der Waals surface area contributed by atoms with Gasteiger partial charge in [0.1, 0.15) is 17.1 Å². The maximum atomic E-state index is 13.0. The molecule has 0 N–H and O–H groups in total. The first-order valence-electron chi connectivity index (χ1n) is 8.74. The fourth-order valence-corrected chi connectivity index (χ4v) is 3.25. The molecule has 2 heterocycles. The number of carbonyl (C=O) groups excluding carboxylic acids is 3. The summed E-state index contributed by atoms with van der Waals surface area (Å²) in [5, 5.41) is 0. The molecule has 0 atom stereocenters. The van der Waals surface area contributed by atoms with Crippen molar-refractivity contribution in [3.05, 3.63) is 82.5 Å². The smallest absolute Gasteiger partial charge is 0.338 e. The summed E-state index contributed by atoms with van der Waals surface area (Å²) in [5.74, 6) is -0.417. The van der Waals surface area contributed by atoms with Crippen molar-refractivity contribution in [1.82, 2.24) is 4.90 Å². The largest absolute Gasteiger partial charge is 0.457 e. The molecule has 1 aliphatic rings. The number of furan rings is 1. The second kappa shape index (κ2) is 7.52. The van der Waals surface area contributed by atoms with E-state index in [-0.39, 0.29) is 5.57 Å². The van der Waals surface area contributed by atoms with Gasteiger partial charge in [0.15, 0.2) is 0 Å². The number of rotatable bonds is 3. The number of hydrogen-bond donors (Lipinski definition) is 0. The van der Waals surface area contributed by atoms with Gasteiger partial charge >= 0.3 is 6.03 Å². The number of likely N-dealkylation sites (N-methyl/N-ethyl adjacent to an activating group) is 1. The fraction of sp³-hybridized carbons (Fsp3) is 0.0455. The number of barbiturate groups is 1. The molecule has 1 aliphatic heterocycles. The van der Waals surface area contributed by atoms with E-state index in [1.165, 1.54) is 13.1 Å². The molecule has 29 heavy (non-hydrogen) atoms. The Morgan fingerprint density at radius 1 is 0.862 bits per heavy atom. The molecular weight excluding hydrogens is 436 g/mol. The molecule has 1 aromatic heterocycles. The van der Waals surface area contributed by atoms with Crippen LogP contribution in [0.2, 0.25) is 0 Å². The zero-order valence-electron chi connectivity index (χ0n) is 15.3. The van der Waals surface area contributed by atoms with Gasteiger partial charge in [-0.05, 0) is 42.5 Å². The van der Waals surface area contributed by atoms with Crippen molar-refractivity contribution in [2.24, 2.45) is 0 Å². The van der Waals surface area contributed by atoms with Crippen molar-refractivity contribution in [3.8, 4) is 11.3 Å². The van der Waals surface area contributed by atoms with E-state index >= 15 is 0 Å². The molecule has 6 nitrogen and oxygen atoms in total. The van der Waals surface area contributed by atoms with Crippen molar-refractivity contribution in [2.75, 3.05) is 11.9 Å². The SMILES string of the molecule is CN1C(=O)/C(=C/c2ccc(-c3ccc(Br)cc3)o2)C(=O)N(c2ccccc2)C1=O. The maximum Gasteiger partial charge on any atom is 0.338 e. The van der Waals surface area contributed by atoms with Gasteiger partial charge < -0.3 is 4.42 Å². The lowest BCUT2D eigenvalue weighted by atomic mass is 10.1. The molecule has 4 amide bonds. The molecule has 7 heteroatoms. The number of anilines is 1. The molecule has 1 saturated heterocycles. The van der Waals surface area contributed by atoms with Gasteiger partial charge in [0, 0.05) is 17.1 Å². The van der Waals surface area contributed by atoms with Crippen LogP contribution < -0.4 is 4.90 Å². The summed E-state index contributed by atoms with van der Waals surface area (Å²) in [5.41, 5.74) is 1.10. The Morgan fingerprint density at radius 3 is 2.24 bits per heavy atom. The van der Waals surface area contributed by atoms with Gasteiger partial charge in [-0.1, -0.05) is 46.3 Å². The van der Waals surface area contributed by atoms with Crippen LogP contribution in [0.4, 0.5) is 10.5 Å².